The highest BCUT2D eigenvalue weighted by molar-refractivity contribution is 5.85. The van der Waals surface area contributed by atoms with Gasteiger partial charge in [-0.2, -0.15) is 0 Å². The largest absolute Gasteiger partial charge is 0.381 e. The zero-order valence-corrected chi connectivity index (χ0v) is 14.6. The van der Waals surface area contributed by atoms with E-state index in [1.54, 1.807) is 0 Å². The first-order chi connectivity index (χ1) is 9.92. The number of halogens is 2. The lowest BCUT2D eigenvalue weighted by molar-refractivity contribution is 0.124. The Morgan fingerprint density at radius 1 is 1.18 bits per heavy atom. The molecule has 0 spiro atoms. The molecule has 1 saturated heterocycles. The second-order valence-corrected chi connectivity index (χ2v) is 5.85. The minimum atomic E-state index is 0. The number of hydrogen-bond donors (Lipinski definition) is 2. The summed E-state index contributed by atoms with van der Waals surface area (Å²) < 4.78 is 5.76. The molecular weight excluding hydrogens is 321 g/mol. The highest BCUT2D eigenvalue weighted by atomic mass is 35.5. The average molecular weight is 348 g/mol. The second kappa shape index (κ2) is 10.3. The van der Waals surface area contributed by atoms with E-state index in [9.17, 15) is 0 Å². The SMILES string of the molecule is Cl.Cl.c1cc2c(nc1CCOCC[C@@H]1CCNC1)NCCC2. The van der Waals surface area contributed by atoms with E-state index in [1.165, 1.54) is 37.9 Å². The van der Waals surface area contributed by atoms with Crippen molar-refractivity contribution < 1.29 is 4.74 Å². The summed E-state index contributed by atoms with van der Waals surface area (Å²) in [6, 6.07) is 4.37. The van der Waals surface area contributed by atoms with Crippen molar-refractivity contribution in [3.8, 4) is 0 Å². The normalized spacial score (nSPS) is 19.5. The molecule has 0 radical (unpaired) electrons. The smallest absolute Gasteiger partial charge is 0.129 e. The first kappa shape index (κ1) is 19.5. The highest BCUT2D eigenvalue weighted by Crippen LogP contribution is 2.19. The van der Waals surface area contributed by atoms with E-state index >= 15 is 0 Å². The molecule has 0 aromatic carbocycles. The number of nitrogens with one attached hydrogen (secondary N) is 2. The maximum absolute atomic E-state index is 5.76. The Labute approximate surface area is 145 Å². The van der Waals surface area contributed by atoms with Gasteiger partial charge in [-0.1, -0.05) is 6.07 Å². The number of hydrogen-bond acceptors (Lipinski definition) is 4. The van der Waals surface area contributed by atoms with Crippen molar-refractivity contribution in [1.29, 1.82) is 0 Å². The van der Waals surface area contributed by atoms with Crippen molar-refractivity contribution in [2.45, 2.75) is 32.1 Å². The Morgan fingerprint density at radius 2 is 2.09 bits per heavy atom. The van der Waals surface area contributed by atoms with Crippen molar-refractivity contribution in [3.63, 3.8) is 0 Å². The molecule has 1 atom stereocenters. The van der Waals surface area contributed by atoms with Crippen LogP contribution in [0, 0.1) is 5.92 Å². The van der Waals surface area contributed by atoms with Gasteiger partial charge in [0.15, 0.2) is 0 Å². The molecule has 1 aromatic rings. The first-order valence-corrected chi connectivity index (χ1v) is 7.93. The van der Waals surface area contributed by atoms with Gasteiger partial charge in [0.05, 0.1) is 6.61 Å². The molecule has 0 aliphatic carbocycles. The number of fused-ring (bicyclic) bond motifs is 1. The van der Waals surface area contributed by atoms with Gasteiger partial charge in [0.1, 0.15) is 5.82 Å². The summed E-state index contributed by atoms with van der Waals surface area (Å²) in [5.41, 5.74) is 2.50. The van der Waals surface area contributed by atoms with E-state index in [4.69, 9.17) is 4.74 Å². The van der Waals surface area contributed by atoms with E-state index in [0.29, 0.717) is 0 Å². The number of aryl methyl sites for hydroxylation is 1. The molecule has 0 saturated carbocycles. The predicted molar refractivity (Wildman–Crippen MR) is 95.7 cm³/mol. The van der Waals surface area contributed by atoms with Gasteiger partial charge >= 0.3 is 0 Å². The number of aromatic nitrogens is 1. The number of ether oxygens (including phenoxy) is 1. The summed E-state index contributed by atoms with van der Waals surface area (Å²) in [5, 5.41) is 6.78. The van der Waals surface area contributed by atoms with Crippen LogP contribution in [0.3, 0.4) is 0 Å². The fraction of sp³-hybridized carbons (Fsp3) is 0.688. The molecule has 2 aliphatic rings. The zero-order chi connectivity index (χ0) is 13.6. The molecule has 1 aromatic heterocycles. The maximum atomic E-state index is 5.76. The molecule has 3 heterocycles. The van der Waals surface area contributed by atoms with E-state index in [1.807, 2.05) is 0 Å². The molecule has 2 N–H and O–H groups in total. The van der Waals surface area contributed by atoms with Gasteiger partial charge < -0.3 is 15.4 Å². The summed E-state index contributed by atoms with van der Waals surface area (Å²) in [6.07, 6.45) is 5.78. The average Bonchev–Trinajstić information content (AvgIpc) is 3.00. The predicted octanol–water partition coefficient (Wildman–Crippen LogP) is 2.84. The molecule has 0 amide bonds. The Bertz CT molecular complexity index is 439. The fourth-order valence-corrected chi connectivity index (χ4v) is 3.00. The van der Waals surface area contributed by atoms with Gasteiger partial charge in [0, 0.05) is 25.3 Å². The summed E-state index contributed by atoms with van der Waals surface area (Å²) in [7, 11) is 0. The molecule has 0 bridgehead atoms. The van der Waals surface area contributed by atoms with Crippen molar-refractivity contribution >= 4 is 30.6 Å². The van der Waals surface area contributed by atoms with Gasteiger partial charge in [-0.05, 0) is 56.3 Å². The quantitative estimate of drug-likeness (QED) is 0.776. The van der Waals surface area contributed by atoms with E-state index in [-0.39, 0.29) is 24.8 Å². The van der Waals surface area contributed by atoms with Crippen molar-refractivity contribution in [1.82, 2.24) is 10.3 Å². The monoisotopic (exact) mass is 347 g/mol. The Balaban J connectivity index is 0.00000121. The highest BCUT2D eigenvalue weighted by Gasteiger charge is 2.13. The van der Waals surface area contributed by atoms with Crippen LogP contribution >= 0.6 is 24.8 Å². The van der Waals surface area contributed by atoms with Gasteiger partial charge in [-0.3, -0.25) is 0 Å². The van der Waals surface area contributed by atoms with E-state index in [0.717, 1.165) is 50.0 Å². The van der Waals surface area contributed by atoms with Crippen LogP contribution in [-0.2, 0) is 17.6 Å². The molecule has 2 aliphatic heterocycles. The number of pyridine rings is 1. The van der Waals surface area contributed by atoms with Crippen LogP contribution in [0.5, 0.6) is 0 Å². The molecule has 3 rings (SSSR count). The van der Waals surface area contributed by atoms with Crippen LogP contribution in [0.2, 0.25) is 0 Å². The third-order valence-electron chi connectivity index (χ3n) is 4.29. The van der Waals surface area contributed by atoms with Gasteiger partial charge in [0.25, 0.3) is 0 Å². The van der Waals surface area contributed by atoms with Crippen LogP contribution in [0.25, 0.3) is 0 Å². The Kier molecular flexibility index (Phi) is 9.10. The fourth-order valence-electron chi connectivity index (χ4n) is 3.00. The third-order valence-corrected chi connectivity index (χ3v) is 4.29. The topological polar surface area (TPSA) is 46.2 Å². The first-order valence-electron chi connectivity index (χ1n) is 7.93. The van der Waals surface area contributed by atoms with Crippen molar-refractivity contribution in [2.75, 3.05) is 38.2 Å². The number of anilines is 1. The second-order valence-electron chi connectivity index (χ2n) is 5.85. The van der Waals surface area contributed by atoms with Crippen LogP contribution < -0.4 is 10.6 Å². The summed E-state index contributed by atoms with van der Waals surface area (Å²) in [6.45, 7) is 5.06. The number of nitrogens with zero attached hydrogens (tertiary/aromatic N) is 1. The summed E-state index contributed by atoms with van der Waals surface area (Å²) in [5.74, 6) is 1.91. The molecule has 6 heteroatoms. The van der Waals surface area contributed by atoms with E-state index in [2.05, 4.69) is 27.8 Å². The minimum absolute atomic E-state index is 0. The Hall–Kier alpha value is -0.550. The van der Waals surface area contributed by atoms with Crippen LogP contribution in [0.1, 0.15) is 30.5 Å². The molecule has 126 valence electrons. The van der Waals surface area contributed by atoms with Crippen LogP contribution in [0.4, 0.5) is 5.82 Å². The maximum Gasteiger partial charge on any atom is 0.129 e. The lowest BCUT2D eigenvalue weighted by Crippen LogP contribution is -2.14. The summed E-state index contributed by atoms with van der Waals surface area (Å²) in [4.78, 5) is 4.69. The zero-order valence-electron chi connectivity index (χ0n) is 13.0. The number of rotatable bonds is 6. The van der Waals surface area contributed by atoms with Crippen molar-refractivity contribution in [3.05, 3.63) is 23.4 Å². The van der Waals surface area contributed by atoms with Crippen LogP contribution in [-0.4, -0.2) is 37.8 Å². The van der Waals surface area contributed by atoms with E-state index < -0.39 is 0 Å². The molecule has 4 nitrogen and oxygen atoms in total. The lowest BCUT2D eigenvalue weighted by Gasteiger charge is -2.17. The molecular formula is C16H27Cl2N3O. The van der Waals surface area contributed by atoms with Gasteiger partial charge in [-0.25, -0.2) is 4.98 Å². The van der Waals surface area contributed by atoms with Crippen LogP contribution in [0.15, 0.2) is 12.1 Å². The lowest BCUT2D eigenvalue weighted by atomic mass is 10.1. The molecule has 22 heavy (non-hydrogen) atoms. The third kappa shape index (κ3) is 5.58. The standard InChI is InChI=1S/C16H25N3O.2ClH/c1-2-14-3-4-15(19-16(14)18-8-1)7-11-20-10-6-13-5-9-17-12-13;;/h3-4,13,17H,1-2,5-12H2,(H,18,19);2*1H/t13-;;/m0../s1. The van der Waals surface area contributed by atoms with Gasteiger partial charge in [0.2, 0.25) is 0 Å². The molecule has 0 unspecified atom stereocenters. The van der Waals surface area contributed by atoms with Crippen molar-refractivity contribution in [2.24, 2.45) is 5.92 Å². The minimum Gasteiger partial charge on any atom is -0.381 e. The molecule has 1 fully saturated rings. The van der Waals surface area contributed by atoms with Gasteiger partial charge in [-0.15, -0.1) is 24.8 Å². The summed E-state index contributed by atoms with van der Waals surface area (Å²) >= 11 is 0. The Morgan fingerprint density at radius 3 is 2.91 bits per heavy atom.